The van der Waals surface area contributed by atoms with E-state index in [-0.39, 0.29) is 169 Å². The van der Waals surface area contributed by atoms with Crippen LogP contribution in [0.5, 0.6) is 0 Å². The summed E-state index contributed by atoms with van der Waals surface area (Å²) in [5, 5.41) is 144. The maximum atomic E-state index is 12.4. The molecule has 2 bridgehead atoms. The van der Waals surface area contributed by atoms with Crippen LogP contribution in [-0.2, 0) is 159 Å². The number of unbranched alkanes of at least 4 members (excludes halogenated alkanes) is 8. The first-order chi connectivity index (χ1) is 62.2. The number of Topliss-reactive ketones (excluding diaryl/α,β-unsaturated/α-hetero) is 1. The van der Waals surface area contributed by atoms with Gasteiger partial charge in [0, 0.05) is 97.7 Å². The Morgan fingerprint density at radius 2 is 0.952 bits per heavy atom. The van der Waals surface area contributed by atoms with Crippen molar-refractivity contribution in [1.82, 2.24) is 15.3 Å². The van der Waals surface area contributed by atoms with Crippen LogP contribution in [0.1, 0.15) is 134 Å². The Hall–Kier alpha value is 1.63. The zero-order chi connectivity index (χ0) is 107. The maximum Gasteiger partial charge on any atom is 1.00 e. The molecule has 58 nitrogen and oxygen atoms in total. The second-order valence-electron chi connectivity index (χ2n) is 23.1. The number of aliphatic hydroxyl groups excluding tert-OH is 3. The van der Waals surface area contributed by atoms with E-state index in [9.17, 15) is 29.4 Å². The Morgan fingerprint density at radius 3 is 1.21 bits per heavy atom. The number of hydrogen-bond donors (Lipinski definition) is 9. The molecule has 4 heterocycles. The number of hydrogen-bond acceptors (Lipinski definition) is 39. The smallest absolute Gasteiger partial charge is 0.693 e. The van der Waals surface area contributed by atoms with Crippen LogP contribution in [0.25, 0.3) is 95.7 Å². The summed E-state index contributed by atoms with van der Waals surface area (Å²) < 4.78 is 8.15. The molecule has 1 aromatic carbocycles. The molecule has 0 spiro atoms. The van der Waals surface area contributed by atoms with E-state index >= 15 is 0 Å². The number of aliphatic hydroxyl groups is 4. The molecule has 4 aliphatic heterocycles. The number of carbonyl (C=O) groups is 5. The molecule has 3 unspecified atom stereocenters. The van der Waals surface area contributed by atoms with Crippen molar-refractivity contribution >= 4 is 212 Å². The molecule has 7 rings (SSSR count). The van der Waals surface area contributed by atoms with E-state index < -0.39 is 171 Å². The molecule has 6 aliphatic rings. The van der Waals surface area contributed by atoms with Crippen LogP contribution in [0.3, 0.4) is 0 Å². The number of carboxylic acid groups (broad SMARTS) is 3. The van der Waals surface area contributed by atoms with Gasteiger partial charge in [-0.05, 0) is 81.7 Å². The quantitative estimate of drug-likeness (QED) is 0.00433. The number of carboxylic acids is 3. The molecule has 3 fully saturated rings. The van der Waals surface area contributed by atoms with Crippen molar-refractivity contribution < 1.29 is 274 Å². The zero-order valence-electron chi connectivity index (χ0n) is 77.7. The number of nitrogens with one attached hydrogen (secondary N) is 6. The summed E-state index contributed by atoms with van der Waals surface area (Å²) in [6.45, 7) is 27.0. The van der Waals surface area contributed by atoms with Crippen molar-refractivity contribution in [2.45, 2.75) is 135 Å². The molecule has 3 saturated heterocycles. The van der Waals surface area contributed by atoms with Crippen LogP contribution in [-0.4, -0.2) is 183 Å². The number of carbonyl (C=O) groups excluding carboxylic acids is 3. The predicted molar refractivity (Wildman–Crippen MR) is 561 cm³/mol. The van der Waals surface area contributed by atoms with E-state index in [4.69, 9.17) is 268 Å². The van der Waals surface area contributed by atoms with E-state index in [1.165, 1.54) is 104 Å². The van der Waals surface area contributed by atoms with Crippen LogP contribution in [0.15, 0.2) is 115 Å². The minimum Gasteiger partial charge on any atom is -0.693 e. The Labute approximate surface area is 1040 Å². The minimum absolute atomic E-state index is 0. The van der Waals surface area contributed by atoms with Crippen LogP contribution < -0.4 is 69.7 Å². The number of fused-ring (bicyclic) bond motifs is 5. The fourth-order valence-electron chi connectivity index (χ4n) is 8.68. The third kappa shape index (κ3) is 140. The van der Waals surface area contributed by atoms with Gasteiger partial charge < -0.3 is 246 Å². The van der Waals surface area contributed by atoms with Crippen molar-refractivity contribution in [3.05, 3.63) is 277 Å². The molecule has 896 valence electrons. The summed E-state index contributed by atoms with van der Waals surface area (Å²) in [7, 11) is 58.5. The number of rotatable bonds is 28. The minimum atomic E-state index is -2.66. The van der Waals surface area contributed by atoms with Crippen LogP contribution in [0, 0.1) is 114 Å². The van der Waals surface area contributed by atoms with Crippen LogP contribution >= 0.6 is 177 Å². The number of nitrogens with zero attached hydrogens (tertiary/aromatic N) is 9. The van der Waals surface area contributed by atoms with Crippen molar-refractivity contribution in [2.75, 3.05) is 85.3 Å². The first-order valence-electron chi connectivity index (χ1n) is 34.0. The van der Waals surface area contributed by atoms with Gasteiger partial charge in [-0.3, -0.25) is 29.4 Å². The van der Waals surface area contributed by atoms with Crippen molar-refractivity contribution in [2.24, 2.45) is 54.1 Å². The first kappa shape index (κ1) is 226. The van der Waals surface area contributed by atoms with E-state index in [1.807, 2.05) is 6.08 Å². The van der Waals surface area contributed by atoms with Gasteiger partial charge in [0.1, 0.15) is 22.1 Å². The second kappa shape index (κ2) is 172. The summed E-state index contributed by atoms with van der Waals surface area (Å²) in [4.78, 5) is 131. The molecule has 2 amide bonds. The number of nitrogens with two attached hydrogens (primary N) is 10. The molecule has 0 radical (unpaired) electrons. The van der Waals surface area contributed by atoms with Crippen molar-refractivity contribution in [3.8, 4) is 0 Å². The average Bonchev–Trinajstić information content (AvgIpc) is 0.734. The first-order valence-corrected chi connectivity index (χ1v) is 70.9. The summed E-state index contributed by atoms with van der Waals surface area (Å²) in [5.74, 6) is -3.91. The fraction of sp³-hybridized carbons (Fsp3) is 0.587. The SMILES string of the molecule is C1CN2CCN1CC2.C=C(CCCCCC[CH2-])OOCCCCCCC.CC(C)([CH-]OO)C(O)(C(=O)O)C(C)(C)C(=O)O.O=C1C(Br)=CC2=C(c3ccccc3C(=O)[O-])C3C=C(Br)[C-]=C(Br)C3OC2=C1Br.O=N[O-].O=N[O-].O=N[O-].O=N[O-].O=N[O-].O=N[O-].O=N[O-].[CH2-]CC[NH-].[Cl][Pt+2][Cl].[Cl][Pt+2][Cl].[Cl][Pt+2][Cl].[Cl][Pt][Cl].[Cl][Pt][Cl].[Cl][Pt][Cl].[NH-]C(=O)NO.[NH-]C(CO)(CO)CO.[NH-]CCC[NH-].[NH2-].[NH2-].[NH2-].[NH2-].[NH2-].[NH2-].[NH2-].[NH2-].[NH2-].[NH2-].[Na+].[Na+].[OH3+].[Pt]. The van der Waals surface area contributed by atoms with E-state index in [1.54, 1.807) is 24.3 Å². The normalized spacial score (nSPS) is 13.1. The van der Waals surface area contributed by atoms with Gasteiger partial charge in [0.25, 0.3) is 0 Å². The van der Waals surface area contributed by atoms with Crippen LogP contribution in [0.4, 0.5) is 4.79 Å². The molecule has 0 aromatic heterocycles. The largest absolute Gasteiger partial charge is 1.00 e. The maximum absolute atomic E-state index is 12.4. The second-order valence-corrected chi connectivity index (χ2v) is 46.1. The molecule has 2 aliphatic carbocycles. The van der Waals surface area contributed by atoms with Crippen LogP contribution in [0.2, 0.25) is 0 Å². The zero-order valence-corrected chi connectivity index (χ0v) is 113. The van der Waals surface area contributed by atoms with E-state index in [2.05, 4.69) is 112 Å². The van der Waals surface area contributed by atoms with Gasteiger partial charge in [-0.25, -0.2) is 23.4 Å². The number of allylic oxidation sites excluding steroid dienone is 6. The molecule has 37 N–H and O–H groups in total. The van der Waals surface area contributed by atoms with Gasteiger partial charge in [0.15, 0.2) is 11.6 Å². The van der Waals surface area contributed by atoms with Gasteiger partial charge in [0.05, 0.1) is 22.5 Å². The van der Waals surface area contributed by atoms with E-state index in [0.29, 0.717) is 58.7 Å². The van der Waals surface area contributed by atoms with Crippen molar-refractivity contribution in [1.29, 1.82) is 0 Å². The number of benzene rings is 1. The third-order valence-corrected chi connectivity index (χ3v) is 16.7. The molecule has 1 aromatic rings. The third-order valence-electron chi connectivity index (χ3n) is 14.3. The van der Waals surface area contributed by atoms with Gasteiger partial charge in [0.2, 0.25) is 5.78 Å². The number of amides is 2. The standard InChI is InChI=1S/C20H9Br4O4.C16H31O2.C10H17O7.C6H12N2.C4H10NO3.C3H8N2.C3H7N.CH4N2O2.12ClH.7HNO2.10H2N.2Na.H2O.7Pt/c21-8-5-11-15(9-3-1-2-4-10(9)20(26)27)12-7-13(22)17(25)16(24)19(12)28-18(11)14(23)6-8;1-4-6-8-10-12-14-16(3)18-17-15-13-11-9-7-5-2;1-8(2,5-17-16)10(15,7(13)14)9(3,4)6(11)12;1-2-8-5-3-7(1)4-6-8;5-4(1-6,2-7)3-8;4-2-1-3-5;1-2-3-4;2-1(4)3-5;;;;;;;;;;;;;7*2-1-3;;;;;;;;;;;;;;;;;;;;/h1-5,7,11,18H,(H,26,27);1,3-15H2,2H3;5,15-16H,1-4H3,(H,11,12)(H,13,14);1-6H2;5-8H,1-3H2;4-5H,1-3H2;4H,1-3H2;(H4,2,3,4,5);12*1H;7*(H,2,3);10*1H2;;;1H2;;;;;;;/q3*-1;;-1;2*-2;;;;;;;;;;;;;;;;;;;;;10*-1;2*+1;;;3*+2;3*+4/p-20. The molecule has 83 heteroatoms. The molecular weight excluding hydrogens is 3790 g/mol. The molecule has 0 saturated carbocycles. The number of urea groups is 1. The monoisotopic (exact) mass is 3900 g/mol. The Kier molecular flexibility index (Phi) is 265. The number of halogens is 16. The number of piperazine rings is 3. The van der Waals surface area contributed by atoms with Gasteiger partial charge in [-0.15, -0.1) is 37.4 Å². The van der Waals surface area contributed by atoms with Crippen molar-refractivity contribution in [3.63, 3.8) is 0 Å². The molecule has 146 heavy (non-hydrogen) atoms. The number of aromatic carboxylic acids is 1. The average molecular weight is 3910 g/mol. The number of hydroxylamine groups is 1. The predicted octanol–water partition coefficient (Wildman–Crippen LogP) is 22.4. The van der Waals surface area contributed by atoms with Gasteiger partial charge in [-0.1, -0.05) is 150 Å². The Morgan fingerprint density at radius 1 is 0.630 bits per heavy atom. The summed E-state index contributed by atoms with van der Waals surface area (Å²) >= 11 is 10.7. The van der Waals surface area contributed by atoms with E-state index in [0.717, 1.165) is 111 Å². The van der Waals surface area contributed by atoms with Gasteiger partial charge >= 0.3 is 283 Å². The molecule has 3 atom stereocenters. The number of ether oxygens (including phenoxy) is 1. The summed E-state index contributed by atoms with van der Waals surface area (Å²) in [5.41, 5.74) is 27.4. The Bertz CT molecular complexity index is 3130. The van der Waals surface area contributed by atoms with Gasteiger partial charge in [-0.2, -0.15) is 42.0 Å². The topological polar surface area (TPSA) is 1180 Å². The summed E-state index contributed by atoms with van der Waals surface area (Å²) in [6, 6.07) is 5.47. The Balaban J connectivity index is -0.0000000388. The number of aliphatic carboxylic acids is 2. The molecular formula is C63H119Br4Cl12N25Na2O33Pt7-18. The summed E-state index contributed by atoms with van der Waals surface area (Å²) in [6.07, 6.45) is 20.7. The number of ketones is 1. The fourth-order valence-corrected chi connectivity index (χ4v) is 11.2.